The topological polar surface area (TPSA) is 90.8 Å². The summed E-state index contributed by atoms with van der Waals surface area (Å²) in [6.07, 6.45) is 0. The van der Waals surface area contributed by atoms with Crippen LogP contribution in [0.5, 0.6) is 5.75 Å². The lowest BCUT2D eigenvalue weighted by atomic mass is 10.1. The highest BCUT2D eigenvalue weighted by molar-refractivity contribution is 6.30. The summed E-state index contributed by atoms with van der Waals surface area (Å²) in [5.41, 5.74) is 4.19. The Bertz CT molecular complexity index is 772. The maximum Gasteiger partial charge on any atom is 0.271 e. The zero-order valence-electron chi connectivity index (χ0n) is 12.8. The Hall–Kier alpha value is -2.86. The number of hydrogen-bond donors (Lipinski definition) is 1. The van der Waals surface area contributed by atoms with Crippen molar-refractivity contribution in [2.24, 2.45) is 5.10 Å². The number of benzene rings is 2. The van der Waals surface area contributed by atoms with Crippen molar-refractivity contribution >= 4 is 29.2 Å². The SMILES string of the molecule is C/C(=N/NC(=O)c1cccc(Cl)c1)c1ccc(OCC(=O)[O-])cc1. The molecule has 0 radical (unpaired) electrons. The molecule has 1 N–H and O–H groups in total. The molecule has 0 aliphatic carbocycles. The summed E-state index contributed by atoms with van der Waals surface area (Å²) in [6.45, 7) is 1.22. The summed E-state index contributed by atoms with van der Waals surface area (Å²) >= 11 is 5.84. The van der Waals surface area contributed by atoms with E-state index in [1.807, 2.05) is 0 Å². The zero-order chi connectivity index (χ0) is 17.5. The number of hydrogen-bond acceptors (Lipinski definition) is 5. The smallest absolute Gasteiger partial charge is 0.271 e. The van der Waals surface area contributed by atoms with E-state index in [4.69, 9.17) is 16.3 Å². The predicted molar refractivity (Wildman–Crippen MR) is 88.1 cm³/mol. The first-order chi connectivity index (χ1) is 11.5. The van der Waals surface area contributed by atoms with Crippen LogP contribution >= 0.6 is 11.6 Å². The van der Waals surface area contributed by atoms with E-state index in [1.165, 1.54) is 0 Å². The highest BCUT2D eigenvalue weighted by atomic mass is 35.5. The number of carbonyl (C=O) groups is 2. The molecular weight excluding hydrogens is 332 g/mol. The molecule has 0 aliphatic heterocycles. The lowest BCUT2D eigenvalue weighted by molar-refractivity contribution is -0.307. The Morgan fingerprint density at radius 1 is 1.17 bits per heavy atom. The fraction of sp³-hybridized carbons (Fsp3) is 0.118. The van der Waals surface area contributed by atoms with Crippen molar-refractivity contribution in [1.29, 1.82) is 0 Å². The van der Waals surface area contributed by atoms with Gasteiger partial charge in [-0.2, -0.15) is 5.10 Å². The predicted octanol–water partition coefficient (Wildman–Crippen LogP) is 1.62. The quantitative estimate of drug-likeness (QED) is 0.636. The summed E-state index contributed by atoms with van der Waals surface area (Å²) in [4.78, 5) is 22.3. The summed E-state index contributed by atoms with van der Waals surface area (Å²) < 4.78 is 4.99. The number of nitrogens with zero attached hydrogens (tertiary/aromatic N) is 1. The van der Waals surface area contributed by atoms with E-state index in [0.29, 0.717) is 22.0 Å². The molecule has 24 heavy (non-hydrogen) atoms. The monoisotopic (exact) mass is 345 g/mol. The zero-order valence-corrected chi connectivity index (χ0v) is 13.5. The lowest BCUT2D eigenvalue weighted by Crippen LogP contribution is -2.28. The van der Waals surface area contributed by atoms with Crippen molar-refractivity contribution in [3.8, 4) is 5.75 Å². The highest BCUT2D eigenvalue weighted by Gasteiger charge is 2.05. The molecule has 0 bridgehead atoms. The van der Waals surface area contributed by atoms with Gasteiger partial charge in [0.1, 0.15) is 12.4 Å². The van der Waals surface area contributed by atoms with Crippen LogP contribution in [0.4, 0.5) is 0 Å². The van der Waals surface area contributed by atoms with Crippen molar-refractivity contribution in [2.45, 2.75) is 6.92 Å². The van der Waals surface area contributed by atoms with E-state index in [-0.39, 0.29) is 5.91 Å². The molecule has 0 aliphatic rings. The van der Waals surface area contributed by atoms with Crippen molar-refractivity contribution < 1.29 is 19.4 Å². The first-order valence-corrected chi connectivity index (χ1v) is 7.37. The van der Waals surface area contributed by atoms with E-state index in [0.717, 1.165) is 5.56 Å². The molecule has 2 aromatic rings. The molecule has 2 aromatic carbocycles. The Morgan fingerprint density at radius 3 is 2.50 bits per heavy atom. The molecule has 124 valence electrons. The molecule has 0 unspecified atom stereocenters. The van der Waals surface area contributed by atoms with Crippen molar-refractivity contribution in [2.75, 3.05) is 6.61 Å². The molecule has 7 heteroatoms. The number of nitrogens with one attached hydrogen (secondary N) is 1. The number of carboxylic acid groups (broad SMARTS) is 1. The number of rotatable bonds is 6. The molecule has 0 heterocycles. The van der Waals surface area contributed by atoms with E-state index in [9.17, 15) is 14.7 Å². The van der Waals surface area contributed by atoms with Crippen molar-refractivity contribution in [3.63, 3.8) is 0 Å². The van der Waals surface area contributed by atoms with Crippen LogP contribution in [0.15, 0.2) is 53.6 Å². The number of aliphatic carboxylic acids is 1. The number of carbonyl (C=O) groups excluding carboxylic acids is 2. The third-order valence-electron chi connectivity index (χ3n) is 3.04. The Balaban J connectivity index is 2.00. The van der Waals surface area contributed by atoms with Gasteiger partial charge in [-0.3, -0.25) is 4.79 Å². The Labute approximate surface area is 143 Å². The van der Waals surface area contributed by atoms with Crippen molar-refractivity contribution in [1.82, 2.24) is 5.43 Å². The lowest BCUT2D eigenvalue weighted by Gasteiger charge is -2.08. The van der Waals surface area contributed by atoms with Gasteiger partial charge in [-0.1, -0.05) is 17.7 Å². The fourth-order valence-corrected chi connectivity index (χ4v) is 2.02. The molecule has 1 amide bonds. The molecule has 0 aromatic heterocycles. The average molecular weight is 346 g/mol. The molecule has 0 saturated carbocycles. The van der Waals surface area contributed by atoms with Crippen LogP contribution in [0.1, 0.15) is 22.8 Å². The van der Waals surface area contributed by atoms with Gasteiger partial charge in [0, 0.05) is 10.6 Å². The minimum atomic E-state index is -1.29. The Morgan fingerprint density at radius 2 is 1.88 bits per heavy atom. The standard InChI is InChI=1S/C17H15ClN2O4/c1-11(12-5-7-15(8-6-12)24-10-16(21)22)19-20-17(23)13-3-2-4-14(18)9-13/h2-9H,10H2,1H3,(H,20,23)(H,21,22)/p-1/b19-11-. The number of hydrazone groups is 1. The summed E-state index contributed by atoms with van der Waals surface area (Å²) in [5.74, 6) is -1.26. The highest BCUT2D eigenvalue weighted by Crippen LogP contribution is 2.13. The van der Waals surface area contributed by atoms with Crippen LogP contribution in [-0.4, -0.2) is 24.2 Å². The summed E-state index contributed by atoms with van der Waals surface area (Å²) in [6, 6.07) is 13.2. The second-order valence-electron chi connectivity index (χ2n) is 4.83. The van der Waals surface area contributed by atoms with Crippen LogP contribution < -0.4 is 15.3 Å². The number of amides is 1. The fourth-order valence-electron chi connectivity index (χ4n) is 1.83. The van der Waals surface area contributed by atoms with Crippen LogP contribution in [-0.2, 0) is 4.79 Å². The van der Waals surface area contributed by atoms with Gasteiger partial charge in [-0.15, -0.1) is 0 Å². The molecule has 0 fully saturated rings. The summed E-state index contributed by atoms with van der Waals surface area (Å²) in [5, 5.41) is 14.8. The van der Waals surface area contributed by atoms with Gasteiger partial charge in [0.05, 0.1) is 11.7 Å². The maximum atomic E-state index is 12.0. The minimum Gasteiger partial charge on any atom is -0.546 e. The van der Waals surface area contributed by atoms with Gasteiger partial charge in [0.25, 0.3) is 5.91 Å². The molecule has 0 atom stereocenters. The molecular formula is C17H14ClN2O4-. The van der Waals surface area contributed by atoms with Crippen LogP contribution in [0.25, 0.3) is 0 Å². The van der Waals surface area contributed by atoms with E-state index in [1.54, 1.807) is 55.5 Å². The number of halogens is 1. The van der Waals surface area contributed by atoms with Gasteiger partial charge in [-0.25, -0.2) is 5.43 Å². The van der Waals surface area contributed by atoms with E-state index < -0.39 is 12.6 Å². The van der Waals surface area contributed by atoms with Gasteiger partial charge >= 0.3 is 0 Å². The largest absolute Gasteiger partial charge is 0.546 e. The number of carboxylic acids is 1. The van der Waals surface area contributed by atoms with Crippen LogP contribution in [0.3, 0.4) is 0 Å². The molecule has 0 spiro atoms. The van der Waals surface area contributed by atoms with E-state index >= 15 is 0 Å². The van der Waals surface area contributed by atoms with Crippen LogP contribution in [0.2, 0.25) is 5.02 Å². The van der Waals surface area contributed by atoms with Crippen LogP contribution in [0, 0.1) is 0 Å². The first kappa shape index (κ1) is 17.5. The van der Waals surface area contributed by atoms with Crippen molar-refractivity contribution in [3.05, 3.63) is 64.7 Å². The normalized spacial score (nSPS) is 11.0. The second-order valence-corrected chi connectivity index (χ2v) is 5.27. The molecule has 0 saturated heterocycles. The maximum absolute atomic E-state index is 12.0. The summed E-state index contributed by atoms with van der Waals surface area (Å²) in [7, 11) is 0. The second kappa shape index (κ2) is 8.12. The van der Waals surface area contributed by atoms with E-state index in [2.05, 4.69) is 10.5 Å². The first-order valence-electron chi connectivity index (χ1n) is 6.99. The van der Waals surface area contributed by atoms with Gasteiger partial charge < -0.3 is 14.6 Å². The minimum absolute atomic E-state index is 0.370. The van der Waals surface area contributed by atoms with Gasteiger partial charge in [-0.05, 0) is 55.0 Å². The molecule has 6 nitrogen and oxygen atoms in total. The average Bonchev–Trinajstić information content (AvgIpc) is 2.58. The molecule has 2 rings (SSSR count). The Kier molecular flexibility index (Phi) is 5.92. The van der Waals surface area contributed by atoms with Gasteiger partial charge in [0.15, 0.2) is 0 Å². The van der Waals surface area contributed by atoms with Gasteiger partial charge in [0.2, 0.25) is 0 Å². The third-order valence-corrected chi connectivity index (χ3v) is 3.28. The number of ether oxygens (including phenoxy) is 1. The third kappa shape index (κ3) is 5.10.